The Morgan fingerprint density at radius 1 is 0.690 bits per heavy atom. The van der Waals surface area contributed by atoms with Gasteiger partial charge in [0.25, 0.3) is 0 Å². The van der Waals surface area contributed by atoms with Gasteiger partial charge < -0.3 is 5.32 Å². The van der Waals surface area contributed by atoms with Crippen LogP contribution in [0.2, 0.25) is 0 Å². The molecular weight excluding hydrogens is 356 g/mol. The third-order valence-corrected chi connectivity index (χ3v) is 4.95. The van der Waals surface area contributed by atoms with E-state index in [0.717, 1.165) is 33.8 Å². The van der Waals surface area contributed by atoms with Crippen molar-refractivity contribution in [1.29, 1.82) is 0 Å². The van der Waals surface area contributed by atoms with Crippen LogP contribution in [-0.2, 0) is 0 Å². The zero-order valence-corrected chi connectivity index (χ0v) is 16.9. The van der Waals surface area contributed by atoms with Crippen LogP contribution in [0.4, 0.5) is 11.6 Å². The number of benzene rings is 3. The van der Waals surface area contributed by atoms with Crippen LogP contribution < -0.4 is 5.32 Å². The van der Waals surface area contributed by atoms with Crippen LogP contribution in [0.3, 0.4) is 0 Å². The molecule has 0 aliphatic rings. The molecule has 3 aromatic carbocycles. The topological polar surface area (TPSA) is 50.7 Å². The molecule has 1 aromatic heterocycles. The number of rotatable bonds is 5. The van der Waals surface area contributed by atoms with E-state index in [1.165, 1.54) is 5.56 Å². The summed E-state index contributed by atoms with van der Waals surface area (Å²) in [6.07, 6.45) is 0. The maximum Gasteiger partial charge on any atom is 0.247 e. The number of nitrogens with zero attached hydrogens (tertiary/aromatic N) is 3. The lowest BCUT2D eigenvalue weighted by molar-refractivity contribution is 0.865. The first-order chi connectivity index (χ1) is 14.1. The Morgan fingerprint density at radius 2 is 1.31 bits per heavy atom. The van der Waals surface area contributed by atoms with Gasteiger partial charge >= 0.3 is 0 Å². The lowest BCUT2D eigenvalue weighted by Crippen LogP contribution is -2.06. The second-order valence-corrected chi connectivity index (χ2v) is 7.38. The second-order valence-electron chi connectivity index (χ2n) is 7.38. The van der Waals surface area contributed by atoms with Crippen molar-refractivity contribution in [3.63, 3.8) is 0 Å². The summed E-state index contributed by atoms with van der Waals surface area (Å²) in [5.41, 5.74) is 7.05. The number of nitrogens with one attached hydrogen (secondary N) is 1. The van der Waals surface area contributed by atoms with Crippen LogP contribution in [0.25, 0.3) is 22.5 Å². The highest BCUT2D eigenvalue weighted by atomic mass is 15.2. The van der Waals surface area contributed by atoms with Crippen molar-refractivity contribution < 1.29 is 0 Å². The number of hydrogen-bond donors (Lipinski definition) is 1. The van der Waals surface area contributed by atoms with Crippen molar-refractivity contribution in [2.75, 3.05) is 5.32 Å². The molecule has 0 amide bonds. The lowest BCUT2D eigenvalue weighted by atomic mass is 9.98. The van der Waals surface area contributed by atoms with Gasteiger partial charge in [0.15, 0.2) is 0 Å². The second kappa shape index (κ2) is 8.23. The minimum absolute atomic E-state index is 0.391. The predicted molar refractivity (Wildman–Crippen MR) is 119 cm³/mol. The van der Waals surface area contributed by atoms with Gasteiger partial charge in [0.05, 0.1) is 0 Å². The van der Waals surface area contributed by atoms with E-state index in [2.05, 4.69) is 54.5 Å². The fourth-order valence-corrected chi connectivity index (χ4v) is 3.42. The van der Waals surface area contributed by atoms with E-state index in [1.807, 2.05) is 60.7 Å². The molecule has 0 saturated heterocycles. The molecule has 0 fully saturated rings. The molecule has 0 radical (unpaired) electrons. The molecule has 0 unspecified atom stereocenters. The first-order valence-corrected chi connectivity index (χ1v) is 9.85. The summed E-state index contributed by atoms with van der Waals surface area (Å²) in [6.45, 7) is 6.47. The summed E-state index contributed by atoms with van der Waals surface area (Å²) in [5, 5.41) is 12.4. The molecule has 0 aliphatic carbocycles. The molecule has 0 bridgehead atoms. The first kappa shape index (κ1) is 18.8. The van der Waals surface area contributed by atoms with Gasteiger partial charge in [-0.15, -0.1) is 10.2 Å². The Morgan fingerprint density at radius 3 is 1.93 bits per heavy atom. The van der Waals surface area contributed by atoms with Gasteiger partial charge in [-0.25, -0.2) is 4.98 Å². The van der Waals surface area contributed by atoms with Crippen LogP contribution in [0, 0.1) is 6.92 Å². The Kier molecular flexibility index (Phi) is 5.34. The van der Waals surface area contributed by atoms with Crippen molar-refractivity contribution in [2.45, 2.75) is 26.7 Å². The van der Waals surface area contributed by atoms with E-state index < -0.39 is 0 Å². The minimum atomic E-state index is 0.391. The highest BCUT2D eigenvalue weighted by Crippen LogP contribution is 2.32. The average molecular weight is 380 g/mol. The van der Waals surface area contributed by atoms with Crippen molar-refractivity contribution in [1.82, 2.24) is 15.2 Å². The van der Waals surface area contributed by atoms with Crippen molar-refractivity contribution >= 4 is 11.6 Å². The average Bonchev–Trinajstić information content (AvgIpc) is 2.76. The minimum Gasteiger partial charge on any atom is -0.322 e. The molecular formula is C25H24N4. The lowest BCUT2D eigenvalue weighted by Gasteiger charge is -2.17. The zero-order valence-electron chi connectivity index (χ0n) is 16.9. The summed E-state index contributed by atoms with van der Waals surface area (Å²) in [4.78, 5) is 4.87. The molecule has 4 aromatic rings. The number of para-hydroxylation sites is 1. The monoisotopic (exact) mass is 380 g/mol. The highest BCUT2D eigenvalue weighted by Gasteiger charge is 2.15. The van der Waals surface area contributed by atoms with Gasteiger partial charge in [0.1, 0.15) is 11.4 Å². The fraction of sp³-hybridized carbons (Fsp3) is 0.160. The normalized spacial score (nSPS) is 10.9. The van der Waals surface area contributed by atoms with Crippen LogP contribution in [0.5, 0.6) is 0 Å². The smallest absolute Gasteiger partial charge is 0.247 e. The summed E-state index contributed by atoms with van der Waals surface area (Å²) >= 11 is 0. The summed E-state index contributed by atoms with van der Waals surface area (Å²) in [7, 11) is 0. The number of hydrogen-bond acceptors (Lipinski definition) is 4. The predicted octanol–water partition coefficient (Wildman–Crippen LogP) is 6.38. The molecule has 4 heteroatoms. The maximum absolute atomic E-state index is 4.87. The van der Waals surface area contributed by atoms with Gasteiger partial charge in [-0.2, -0.15) is 0 Å². The quantitative estimate of drug-likeness (QED) is 0.436. The number of anilines is 2. The first-order valence-electron chi connectivity index (χ1n) is 9.85. The van der Waals surface area contributed by atoms with E-state index in [1.54, 1.807) is 0 Å². The van der Waals surface area contributed by atoms with Crippen molar-refractivity contribution in [3.05, 3.63) is 90.0 Å². The van der Waals surface area contributed by atoms with Crippen molar-refractivity contribution in [2.24, 2.45) is 0 Å². The van der Waals surface area contributed by atoms with Crippen LogP contribution >= 0.6 is 0 Å². The SMILES string of the molecule is Cc1cccc(C(C)C)c1Nc1nnc(-c2ccccc2)c(-c2ccccc2)n1. The molecule has 4 nitrogen and oxygen atoms in total. The summed E-state index contributed by atoms with van der Waals surface area (Å²) in [5.74, 6) is 0.891. The van der Waals surface area contributed by atoms with E-state index in [0.29, 0.717) is 11.9 Å². The van der Waals surface area contributed by atoms with E-state index in [-0.39, 0.29) is 0 Å². The fourth-order valence-electron chi connectivity index (χ4n) is 3.42. The Hall–Kier alpha value is -3.53. The Balaban J connectivity index is 1.82. The van der Waals surface area contributed by atoms with Gasteiger partial charge in [0, 0.05) is 16.8 Å². The van der Waals surface area contributed by atoms with E-state index in [9.17, 15) is 0 Å². The van der Waals surface area contributed by atoms with Crippen LogP contribution in [0.1, 0.15) is 30.9 Å². The number of aromatic nitrogens is 3. The third-order valence-electron chi connectivity index (χ3n) is 4.95. The van der Waals surface area contributed by atoms with Crippen LogP contribution in [0.15, 0.2) is 78.9 Å². The van der Waals surface area contributed by atoms with Gasteiger partial charge in [-0.3, -0.25) is 0 Å². The largest absolute Gasteiger partial charge is 0.322 e. The third kappa shape index (κ3) is 4.02. The molecule has 29 heavy (non-hydrogen) atoms. The number of aryl methyl sites for hydroxylation is 1. The molecule has 1 N–H and O–H groups in total. The molecule has 4 rings (SSSR count). The molecule has 0 aliphatic heterocycles. The molecule has 1 heterocycles. The summed E-state index contributed by atoms with van der Waals surface area (Å²) in [6, 6.07) is 26.5. The zero-order chi connectivity index (χ0) is 20.2. The molecule has 0 spiro atoms. The molecule has 0 saturated carbocycles. The van der Waals surface area contributed by atoms with Crippen molar-refractivity contribution in [3.8, 4) is 22.5 Å². The molecule has 0 atom stereocenters. The highest BCUT2D eigenvalue weighted by molar-refractivity contribution is 5.78. The van der Waals surface area contributed by atoms with Gasteiger partial charge in [0.2, 0.25) is 5.95 Å². The summed E-state index contributed by atoms with van der Waals surface area (Å²) < 4.78 is 0. The van der Waals surface area contributed by atoms with Gasteiger partial charge in [-0.1, -0.05) is 92.7 Å². The molecule has 144 valence electrons. The van der Waals surface area contributed by atoms with E-state index in [4.69, 9.17) is 4.98 Å². The Labute approximate surface area is 171 Å². The van der Waals surface area contributed by atoms with Crippen LogP contribution in [-0.4, -0.2) is 15.2 Å². The van der Waals surface area contributed by atoms with E-state index >= 15 is 0 Å². The Bertz CT molecular complexity index is 1110. The maximum atomic E-state index is 4.87. The standard InChI is InChI=1S/C25H24N4/c1-17(2)21-16-10-11-18(3)22(21)26-25-27-23(19-12-6-4-7-13-19)24(28-29-25)20-14-8-5-9-15-20/h4-17H,1-3H3,(H,26,27,29). The van der Waals surface area contributed by atoms with Gasteiger partial charge in [-0.05, 0) is 24.0 Å².